The molecular formula is C16H27FN2O. The number of nitrogens with one attached hydrogen (secondary N) is 1. The van der Waals surface area contributed by atoms with E-state index in [9.17, 15) is 4.39 Å². The summed E-state index contributed by atoms with van der Waals surface area (Å²) >= 11 is 0. The van der Waals surface area contributed by atoms with Crippen LogP contribution in [0.3, 0.4) is 0 Å². The maximum atomic E-state index is 13.4. The number of rotatable bonds is 10. The Morgan fingerprint density at radius 2 is 2.10 bits per heavy atom. The number of halogens is 1. The molecule has 0 aliphatic heterocycles. The number of hydrogen-bond acceptors (Lipinski definition) is 3. The van der Waals surface area contributed by atoms with Crippen LogP contribution in [0.5, 0.6) is 0 Å². The quantitative estimate of drug-likeness (QED) is 0.667. The molecule has 0 unspecified atom stereocenters. The summed E-state index contributed by atoms with van der Waals surface area (Å²) in [5.41, 5.74) is 2.10. The number of benzene rings is 1. The van der Waals surface area contributed by atoms with Crippen LogP contribution >= 0.6 is 0 Å². The van der Waals surface area contributed by atoms with Gasteiger partial charge in [0.05, 0.1) is 6.61 Å². The largest absolute Gasteiger partial charge is 0.383 e. The van der Waals surface area contributed by atoms with Gasteiger partial charge in [-0.1, -0.05) is 19.8 Å². The first-order valence-corrected chi connectivity index (χ1v) is 7.38. The van der Waals surface area contributed by atoms with Gasteiger partial charge in [-0.2, -0.15) is 0 Å². The average Bonchev–Trinajstić information content (AvgIpc) is 2.44. The van der Waals surface area contributed by atoms with Crippen molar-refractivity contribution >= 4 is 5.69 Å². The average molecular weight is 282 g/mol. The Morgan fingerprint density at radius 1 is 1.30 bits per heavy atom. The summed E-state index contributed by atoms with van der Waals surface area (Å²) in [5, 5.41) is 3.27. The molecule has 0 atom stereocenters. The smallest absolute Gasteiger partial charge is 0.123 e. The van der Waals surface area contributed by atoms with Crippen molar-refractivity contribution in [3.8, 4) is 0 Å². The highest BCUT2D eigenvalue weighted by atomic mass is 19.1. The molecule has 0 aliphatic rings. The van der Waals surface area contributed by atoms with Crippen molar-refractivity contribution in [2.24, 2.45) is 0 Å². The van der Waals surface area contributed by atoms with Crippen LogP contribution in [0.4, 0.5) is 10.1 Å². The maximum Gasteiger partial charge on any atom is 0.123 e. The molecular weight excluding hydrogens is 255 g/mol. The predicted molar refractivity (Wildman–Crippen MR) is 82.8 cm³/mol. The Hall–Kier alpha value is -1.13. The molecule has 0 aliphatic carbocycles. The summed E-state index contributed by atoms with van der Waals surface area (Å²) < 4.78 is 18.4. The topological polar surface area (TPSA) is 24.5 Å². The van der Waals surface area contributed by atoms with Crippen molar-refractivity contribution in [2.75, 3.05) is 38.8 Å². The molecule has 1 N–H and O–H groups in total. The molecule has 20 heavy (non-hydrogen) atoms. The molecule has 1 aromatic rings. The SMILES string of the molecule is CCCCCN(C)c1ccc(F)cc1CNCCOC. The third-order valence-electron chi connectivity index (χ3n) is 3.35. The zero-order valence-electron chi connectivity index (χ0n) is 12.9. The summed E-state index contributed by atoms with van der Waals surface area (Å²) in [6, 6.07) is 5.02. The normalized spacial score (nSPS) is 10.8. The van der Waals surface area contributed by atoms with Gasteiger partial charge in [-0.3, -0.25) is 0 Å². The van der Waals surface area contributed by atoms with E-state index in [1.165, 1.54) is 25.3 Å². The number of ether oxygens (including phenoxy) is 1. The molecule has 0 amide bonds. The number of unbranched alkanes of at least 4 members (excludes halogenated alkanes) is 2. The zero-order chi connectivity index (χ0) is 14.8. The fourth-order valence-electron chi connectivity index (χ4n) is 2.18. The van der Waals surface area contributed by atoms with Gasteiger partial charge in [0.2, 0.25) is 0 Å². The highest BCUT2D eigenvalue weighted by molar-refractivity contribution is 5.53. The Balaban J connectivity index is 2.63. The van der Waals surface area contributed by atoms with Gasteiger partial charge in [-0.25, -0.2) is 4.39 Å². The predicted octanol–water partition coefficient (Wildman–Crippen LogP) is 3.19. The Morgan fingerprint density at radius 3 is 2.80 bits per heavy atom. The molecule has 4 heteroatoms. The van der Waals surface area contributed by atoms with Crippen molar-refractivity contribution in [2.45, 2.75) is 32.7 Å². The molecule has 0 bridgehead atoms. The van der Waals surface area contributed by atoms with Crippen LogP contribution in [0.25, 0.3) is 0 Å². The second-order valence-corrected chi connectivity index (χ2v) is 5.07. The highest BCUT2D eigenvalue weighted by Gasteiger charge is 2.08. The van der Waals surface area contributed by atoms with E-state index < -0.39 is 0 Å². The molecule has 1 rings (SSSR count). The fourth-order valence-corrected chi connectivity index (χ4v) is 2.18. The van der Waals surface area contributed by atoms with Gasteiger partial charge >= 0.3 is 0 Å². The van der Waals surface area contributed by atoms with E-state index in [2.05, 4.69) is 24.2 Å². The lowest BCUT2D eigenvalue weighted by atomic mass is 10.1. The lowest BCUT2D eigenvalue weighted by Gasteiger charge is -2.23. The van der Waals surface area contributed by atoms with E-state index in [0.717, 1.165) is 24.3 Å². The van der Waals surface area contributed by atoms with E-state index in [0.29, 0.717) is 13.2 Å². The van der Waals surface area contributed by atoms with Crippen LogP contribution in [0.2, 0.25) is 0 Å². The van der Waals surface area contributed by atoms with Crippen molar-refractivity contribution < 1.29 is 9.13 Å². The lowest BCUT2D eigenvalue weighted by molar-refractivity contribution is 0.199. The number of methoxy groups -OCH3 is 1. The summed E-state index contributed by atoms with van der Waals surface area (Å²) in [6.45, 7) is 5.30. The van der Waals surface area contributed by atoms with E-state index in [4.69, 9.17) is 4.74 Å². The van der Waals surface area contributed by atoms with Crippen molar-refractivity contribution in [1.29, 1.82) is 0 Å². The molecule has 0 saturated heterocycles. The minimum Gasteiger partial charge on any atom is -0.383 e. The summed E-state index contributed by atoms with van der Waals surface area (Å²) in [5.74, 6) is -0.181. The van der Waals surface area contributed by atoms with E-state index in [1.807, 2.05) is 6.07 Å². The number of nitrogens with zero attached hydrogens (tertiary/aromatic N) is 1. The lowest BCUT2D eigenvalue weighted by Crippen LogP contribution is -2.23. The van der Waals surface area contributed by atoms with Crippen molar-refractivity contribution in [3.05, 3.63) is 29.6 Å². The Kier molecular flexibility index (Phi) is 8.23. The summed E-state index contributed by atoms with van der Waals surface area (Å²) in [4.78, 5) is 2.21. The summed E-state index contributed by atoms with van der Waals surface area (Å²) in [6.07, 6.45) is 3.61. The third kappa shape index (κ3) is 5.88. The van der Waals surface area contributed by atoms with Gasteiger partial charge < -0.3 is 15.0 Å². The first-order chi connectivity index (χ1) is 9.69. The van der Waals surface area contributed by atoms with Gasteiger partial charge in [-0.05, 0) is 30.2 Å². The van der Waals surface area contributed by atoms with Crippen LogP contribution < -0.4 is 10.2 Å². The minimum absolute atomic E-state index is 0.181. The molecule has 0 radical (unpaired) electrons. The van der Waals surface area contributed by atoms with Gasteiger partial charge in [0.25, 0.3) is 0 Å². The van der Waals surface area contributed by atoms with E-state index >= 15 is 0 Å². The zero-order valence-corrected chi connectivity index (χ0v) is 12.9. The molecule has 3 nitrogen and oxygen atoms in total. The minimum atomic E-state index is -0.181. The second kappa shape index (κ2) is 9.72. The molecule has 0 saturated carbocycles. The molecule has 0 heterocycles. The van der Waals surface area contributed by atoms with Crippen LogP contribution in [0.1, 0.15) is 31.7 Å². The second-order valence-electron chi connectivity index (χ2n) is 5.07. The van der Waals surface area contributed by atoms with Crippen LogP contribution in [0.15, 0.2) is 18.2 Å². The van der Waals surface area contributed by atoms with Gasteiger partial charge in [-0.15, -0.1) is 0 Å². The Bertz CT molecular complexity index is 385. The van der Waals surface area contributed by atoms with Crippen molar-refractivity contribution in [3.63, 3.8) is 0 Å². The monoisotopic (exact) mass is 282 g/mol. The van der Waals surface area contributed by atoms with Gasteiger partial charge in [0.1, 0.15) is 5.82 Å². The fraction of sp³-hybridized carbons (Fsp3) is 0.625. The molecule has 114 valence electrons. The molecule has 0 aromatic heterocycles. The van der Waals surface area contributed by atoms with Crippen LogP contribution in [-0.4, -0.2) is 33.9 Å². The highest BCUT2D eigenvalue weighted by Crippen LogP contribution is 2.21. The van der Waals surface area contributed by atoms with Crippen LogP contribution in [0, 0.1) is 5.82 Å². The molecule has 1 aromatic carbocycles. The first kappa shape index (κ1) is 16.9. The molecule has 0 fully saturated rings. The first-order valence-electron chi connectivity index (χ1n) is 7.38. The maximum absolute atomic E-state index is 13.4. The Labute approximate surface area is 122 Å². The van der Waals surface area contributed by atoms with E-state index in [-0.39, 0.29) is 5.82 Å². The van der Waals surface area contributed by atoms with Crippen LogP contribution in [-0.2, 0) is 11.3 Å². The van der Waals surface area contributed by atoms with Crippen molar-refractivity contribution in [1.82, 2.24) is 5.32 Å². The standard InChI is InChI=1S/C16H27FN2O/c1-4-5-6-10-19(2)16-8-7-15(17)12-14(16)13-18-9-11-20-3/h7-8,12,18H,4-6,9-11,13H2,1-3H3. The number of hydrogen-bond donors (Lipinski definition) is 1. The summed E-state index contributed by atoms with van der Waals surface area (Å²) in [7, 11) is 3.75. The third-order valence-corrected chi connectivity index (χ3v) is 3.35. The van der Waals surface area contributed by atoms with Gasteiger partial charge in [0, 0.05) is 39.5 Å². The van der Waals surface area contributed by atoms with E-state index in [1.54, 1.807) is 13.2 Å². The molecule has 0 spiro atoms. The van der Waals surface area contributed by atoms with Gasteiger partial charge in [0.15, 0.2) is 0 Å². The number of anilines is 1.